The van der Waals surface area contributed by atoms with Crippen LogP contribution in [0.5, 0.6) is 0 Å². The van der Waals surface area contributed by atoms with Gasteiger partial charge in [0.15, 0.2) is 6.10 Å². The van der Waals surface area contributed by atoms with Gasteiger partial charge < -0.3 is 9.64 Å². The van der Waals surface area contributed by atoms with E-state index >= 15 is 0 Å². The highest BCUT2D eigenvalue weighted by Gasteiger charge is 2.24. The Morgan fingerprint density at radius 2 is 1.70 bits per heavy atom. The van der Waals surface area contributed by atoms with E-state index in [0.29, 0.717) is 18.5 Å². The highest BCUT2D eigenvalue weighted by atomic mass is 32.2. The van der Waals surface area contributed by atoms with Crippen molar-refractivity contribution < 1.29 is 22.7 Å². The lowest BCUT2D eigenvalue weighted by molar-refractivity contribution is -0.139. The zero-order chi connectivity index (χ0) is 19.9. The number of carbonyl (C=O) groups is 2. The summed E-state index contributed by atoms with van der Waals surface area (Å²) in [5.41, 5.74) is 1.27. The molecule has 1 saturated heterocycles. The van der Waals surface area contributed by atoms with Crippen molar-refractivity contribution >= 4 is 21.9 Å². The molecule has 0 unspecified atom stereocenters. The van der Waals surface area contributed by atoms with Crippen LogP contribution < -0.4 is 4.72 Å². The van der Waals surface area contributed by atoms with Gasteiger partial charge in [-0.1, -0.05) is 25.0 Å². The van der Waals surface area contributed by atoms with Gasteiger partial charge >= 0.3 is 5.97 Å². The number of rotatable bonds is 7. The molecule has 1 N–H and O–H groups in total. The predicted octanol–water partition coefficient (Wildman–Crippen LogP) is 1.73. The van der Waals surface area contributed by atoms with Gasteiger partial charge in [0.05, 0.1) is 11.8 Å². The van der Waals surface area contributed by atoms with Crippen LogP contribution in [-0.4, -0.2) is 57.2 Å². The van der Waals surface area contributed by atoms with E-state index in [4.69, 9.17) is 4.74 Å². The molecule has 150 valence electrons. The minimum Gasteiger partial charge on any atom is -0.449 e. The van der Waals surface area contributed by atoms with E-state index in [9.17, 15) is 18.0 Å². The highest BCUT2D eigenvalue weighted by Crippen LogP contribution is 2.13. The van der Waals surface area contributed by atoms with Gasteiger partial charge in [-0.05, 0) is 43.9 Å². The number of likely N-dealkylation sites (tertiary alicyclic amines) is 1. The third-order valence-electron chi connectivity index (χ3n) is 4.52. The molecular weight excluding hydrogens is 368 g/mol. The number of hydrogen-bond donors (Lipinski definition) is 1. The summed E-state index contributed by atoms with van der Waals surface area (Å²) in [7, 11) is -3.21. The molecule has 27 heavy (non-hydrogen) atoms. The summed E-state index contributed by atoms with van der Waals surface area (Å²) in [6, 6.07) is 6.76. The van der Waals surface area contributed by atoms with Gasteiger partial charge in [-0.2, -0.15) is 0 Å². The van der Waals surface area contributed by atoms with E-state index in [2.05, 4.69) is 4.72 Å². The Bertz CT molecular complexity index is 738. The van der Waals surface area contributed by atoms with E-state index in [0.717, 1.165) is 50.6 Å². The molecule has 0 spiro atoms. The molecule has 0 bridgehead atoms. The molecule has 0 aliphatic carbocycles. The second-order valence-corrected chi connectivity index (χ2v) is 8.73. The average Bonchev–Trinajstić information content (AvgIpc) is 2.89. The lowest BCUT2D eigenvalue weighted by Crippen LogP contribution is -2.40. The van der Waals surface area contributed by atoms with E-state index in [1.165, 1.54) is 0 Å². The fourth-order valence-electron chi connectivity index (χ4n) is 3.02. The van der Waals surface area contributed by atoms with Crippen LogP contribution in [0, 0.1) is 0 Å². The molecule has 1 aliphatic rings. The molecule has 1 aromatic rings. The summed E-state index contributed by atoms with van der Waals surface area (Å²) >= 11 is 0. The second-order valence-electron chi connectivity index (χ2n) is 6.90. The van der Waals surface area contributed by atoms with Gasteiger partial charge in [0.1, 0.15) is 0 Å². The summed E-state index contributed by atoms with van der Waals surface area (Å²) in [6.45, 7) is 3.34. The SMILES string of the molecule is C[C@@H](OC(=O)c1ccc(CCNS(C)(=O)=O)cc1)C(=O)N1CCCCCC1. The lowest BCUT2D eigenvalue weighted by atomic mass is 10.1. The second kappa shape index (κ2) is 9.85. The van der Waals surface area contributed by atoms with Crippen molar-refractivity contribution in [1.29, 1.82) is 0 Å². The number of ether oxygens (including phenoxy) is 1. The molecule has 0 aromatic heterocycles. The van der Waals surface area contributed by atoms with E-state index in [-0.39, 0.29) is 5.91 Å². The van der Waals surface area contributed by atoms with Crippen LogP contribution in [0.3, 0.4) is 0 Å². The molecule has 8 heteroatoms. The predicted molar refractivity (Wildman–Crippen MR) is 103 cm³/mol. The van der Waals surface area contributed by atoms with Gasteiger partial charge in [-0.25, -0.2) is 17.9 Å². The van der Waals surface area contributed by atoms with Gasteiger partial charge in [-0.3, -0.25) is 4.79 Å². The number of benzene rings is 1. The lowest BCUT2D eigenvalue weighted by Gasteiger charge is -2.24. The summed E-state index contributed by atoms with van der Waals surface area (Å²) in [5.74, 6) is -0.680. The summed E-state index contributed by atoms with van der Waals surface area (Å²) in [4.78, 5) is 26.5. The zero-order valence-corrected chi connectivity index (χ0v) is 16.8. The minimum atomic E-state index is -3.21. The van der Waals surface area contributed by atoms with Crippen molar-refractivity contribution in [3.05, 3.63) is 35.4 Å². The van der Waals surface area contributed by atoms with E-state index < -0.39 is 22.1 Å². The Hall–Kier alpha value is -1.93. The Morgan fingerprint density at radius 1 is 1.11 bits per heavy atom. The van der Waals surface area contributed by atoms with Crippen molar-refractivity contribution in [3.8, 4) is 0 Å². The first kappa shape index (κ1) is 21.4. The van der Waals surface area contributed by atoms with E-state index in [1.54, 1.807) is 36.1 Å². The number of hydrogen-bond acceptors (Lipinski definition) is 5. The first-order chi connectivity index (χ1) is 12.8. The zero-order valence-electron chi connectivity index (χ0n) is 15.9. The van der Waals surface area contributed by atoms with E-state index in [1.807, 2.05) is 0 Å². The standard InChI is InChI=1S/C19H28N2O5S/c1-15(18(22)21-13-5-3-4-6-14-21)26-19(23)17-9-7-16(8-10-17)11-12-20-27(2,24)25/h7-10,15,20H,3-6,11-14H2,1-2H3/t15-/m1/s1. The maximum absolute atomic E-state index is 12.5. The summed E-state index contributed by atoms with van der Waals surface area (Å²) < 4.78 is 29.9. The van der Waals surface area contributed by atoms with Crippen molar-refractivity contribution in [2.75, 3.05) is 25.9 Å². The fourth-order valence-corrected chi connectivity index (χ4v) is 3.49. The number of nitrogens with zero attached hydrogens (tertiary/aromatic N) is 1. The Labute approximate surface area is 161 Å². The van der Waals surface area contributed by atoms with Crippen LogP contribution in [0.25, 0.3) is 0 Å². The molecule has 1 aromatic carbocycles. The normalized spacial score (nSPS) is 16.4. The molecule has 1 amide bonds. The molecule has 2 rings (SSSR count). The van der Waals surface area contributed by atoms with Gasteiger partial charge in [0, 0.05) is 19.6 Å². The Kier molecular flexibility index (Phi) is 7.79. The summed E-state index contributed by atoms with van der Waals surface area (Å²) in [6.07, 6.45) is 5.05. The van der Waals surface area contributed by atoms with Crippen molar-refractivity contribution in [1.82, 2.24) is 9.62 Å². The fraction of sp³-hybridized carbons (Fsp3) is 0.579. The van der Waals surface area contributed by atoms with Crippen molar-refractivity contribution in [2.45, 2.75) is 45.1 Å². The quantitative estimate of drug-likeness (QED) is 0.709. The van der Waals surface area contributed by atoms with Crippen LogP contribution >= 0.6 is 0 Å². The van der Waals surface area contributed by atoms with Crippen molar-refractivity contribution in [3.63, 3.8) is 0 Å². The minimum absolute atomic E-state index is 0.145. The highest BCUT2D eigenvalue weighted by molar-refractivity contribution is 7.88. The number of nitrogens with one attached hydrogen (secondary N) is 1. The van der Waals surface area contributed by atoms with Crippen LogP contribution in [0.15, 0.2) is 24.3 Å². The van der Waals surface area contributed by atoms with Crippen LogP contribution in [0.2, 0.25) is 0 Å². The van der Waals surface area contributed by atoms with Gasteiger partial charge in [0.25, 0.3) is 5.91 Å². The Balaban J connectivity index is 1.86. The number of esters is 1. The molecule has 1 heterocycles. The van der Waals surface area contributed by atoms with Gasteiger partial charge in [-0.15, -0.1) is 0 Å². The molecule has 7 nitrogen and oxygen atoms in total. The molecule has 1 fully saturated rings. The van der Waals surface area contributed by atoms with Crippen molar-refractivity contribution in [2.24, 2.45) is 0 Å². The first-order valence-electron chi connectivity index (χ1n) is 9.29. The molecule has 0 radical (unpaired) electrons. The van der Waals surface area contributed by atoms with Gasteiger partial charge in [0.2, 0.25) is 10.0 Å². The molecule has 1 atom stereocenters. The number of amides is 1. The number of sulfonamides is 1. The number of carbonyl (C=O) groups excluding carboxylic acids is 2. The largest absolute Gasteiger partial charge is 0.449 e. The monoisotopic (exact) mass is 396 g/mol. The third kappa shape index (κ3) is 7.30. The van der Waals surface area contributed by atoms with Crippen LogP contribution in [0.1, 0.15) is 48.5 Å². The summed E-state index contributed by atoms with van der Waals surface area (Å²) in [5, 5.41) is 0. The van der Waals surface area contributed by atoms with Crippen LogP contribution in [-0.2, 0) is 26.0 Å². The smallest absolute Gasteiger partial charge is 0.338 e. The van der Waals surface area contributed by atoms with Crippen LogP contribution in [0.4, 0.5) is 0 Å². The maximum Gasteiger partial charge on any atom is 0.338 e. The molecule has 1 aliphatic heterocycles. The molecular formula is C19H28N2O5S. The Morgan fingerprint density at radius 3 is 2.26 bits per heavy atom. The topological polar surface area (TPSA) is 92.8 Å². The molecule has 0 saturated carbocycles. The third-order valence-corrected chi connectivity index (χ3v) is 5.25. The average molecular weight is 397 g/mol. The maximum atomic E-state index is 12.5. The first-order valence-corrected chi connectivity index (χ1v) is 11.2.